The summed E-state index contributed by atoms with van der Waals surface area (Å²) in [5, 5.41) is 0. The number of rotatable bonds is 2. The minimum Gasteiger partial charge on any atom is -0.211 e. The van der Waals surface area contributed by atoms with E-state index in [0.29, 0.717) is 12.3 Å². The van der Waals surface area contributed by atoms with E-state index in [0.717, 1.165) is 6.42 Å². The van der Waals surface area contributed by atoms with Crippen molar-refractivity contribution in [3.05, 3.63) is 0 Å². The van der Waals surface area contributed by atoms with Gasteiger partial charge in [-0.05, 0) is 31.1 Å². The minimum atomic E-state index is -0.503. The second kappa shape index (κ2) is 4.32. The average Bonchev–Trinajstić information content (AvgIpc) is 2.16. The SMILES string of the molecule is CC1CC(N=C=O)CC(C)(N=C=O)C1(C)C. The van der Waals surface area contributed by atoms with Crippen molar-refractivity contribution in [1.29, 1.82) is 0 Å². The number of isocyanates is 2. The van der Waals surface area contributed by atoms with Crippen LogP contribution in [0.15, 0.2) is 9.98 Å². The molecule has 0 aromatic rings. The summed E-state index contributed by atoms with van der Waals surface area (Å²) in [5.41, 5.74) is -0.600. The predicted molar refractivity (Wildman–Crippen MR) is 60.6 cm³/mol. The van der Waals surface area contributed by atoms with E-state index in [1.165, 1.54) is 0 Å². The zero-order valence-electron chi connectivity index (χ0n) is 10.3. The first-order valence-electron chi connectivity index (χ1n) is 5.53. The van der Waals surface area contributed by atoms with Crippen molar-refractivity contribution >= 4 is 12.2 Å². The normalized spacial score (nSPS) is 37.0. The molecule has 0 aromatic carbocycles. The third-order valence-corrected chi connectivity index (χ3v) is 4.41. The van der Waals surface area contributed by atoms with Crippen LogP contribution in [0.5, 0.6) is 0 Å². The maximum Gasteiger partial charge on any atom is 0.235 e. The van der Waals surface area contributed by atoms with Gasteiger partial charge in [-0.1, -0.05) is 20.8 Å². The highest BCUT2D eigenvalue weighted by Crippen LogP contribution is 2.50. The van der Waals surface area contributed by atoms with Gasteiger partial charge in [0.15, 0.2) is 0 Å². The van der Waals surface area contributed by atoms with Gasteiger partial charge in [-0.25, -0.2) is 14.6 Å². The Kier molecular flexibility index (Phi) is 3.47. The maximum absolute atomic E-state index is 10.5. The fraction of sp³-hybridized carbons (Fsp3) is 0.833. The first-order chi connectivity index (χ1) is 7.37. The molecule has 1 aliphatic carbocycles. The van der Waals surface area contributed by atoms with E-state index in [4.69, 9.17) is 0 Å². The summed E-state index contributed by atoms with van der Waals surface area (Å²) in [5.74, 6) is 0.338. The Hall–Kier alpha value is -1.24. The quantitative estimate of drug-likeness (QED) is 0.531. The van der Waals surface area contributed by atoms with Gasteiger partial charge < -0.3 is 0 Å². The molecular weight excluding hydrogens is 204 g/mol. The van der Waals surface area contributed by atoms with Gasteiger partial charge >= 0.3 is 0 Å². The molecule has 0 N–H and O–H groups in total. The zero-order chi connectivity index (χ0) is 12.4. The van der Waals surface area contributed by atoms with Crippen LogP contribution in [0.4, 0.5) is 0 Å². The van der Waals surface area contributed by atoms with Gasteiger partial charge in [0.2, 0.25) is 12.2 Å². The van der Waals surface area contributed by atoms with E-state index in [1.54, 1.807) is 12.2 Å². The Morgan fingerprint density at radius 1 is 1.19 bits per heavy atom. The molecule has 0 amide bonds. The van der Waals surface area contributed by atoms with Gasteiger partial charge in [-0.15, -0.1) is 0 Å². The smallest absolute Gasteiger partial charge is 0.211 e. The lowest BCUT2D eigenvalue weighted by atomic mass is 9.58. The fourth-order valence-electron chi connectivity index (χ4n) is 2.50. The Labute approximate surface area is 95.9 Å². The molecule has 16 heavy (non-hydrogen) atoms. The van der Waals surface area contributed by atoms with Gasteiger partial charge in [0.05, 0.1) is 11.6 Å². The molecule has 1 aliphatic rings. The van der Waals surface area contributed by atoms with E-state index in [1.807, 2.05) is 6.92 Å². The molecule has 1 fully saturated rings. The Balaban J connectivity index is 3.11. The van der Waals surface area contributed by atoms with Gasteiger partial charge in [-0.2, -0.15) is 4.99 Å². The topological polar surface area (TPSA) is 58.9 Å². The Bertz CT molecular complexity index is 365. The lowest BCUT2D eigenvalue weighted by Gasteiger charge is -2.50. The molecule has 0 bridgehead atoms. The highest BCUT2D eigenvalue weighted by Gasteiger charge is 2.50. The molecule has 0 spiro atoms. The number of aliphatic imine (C=N–C) groups is 2. The Morgan fingerprint density at radius 3 is 2.31 bits per heavy atom. The van der Waals surface area contributed by atoms with Crippen LogP contribution in [0.3, 0.4) is 0 Å². The largest absolute Gasteiger partial charge is 0.235 e. The number of hydrogen-bond donors (Lipinski definition) is 0. The third-order valence-electron chi connectivity index (χ3n) is 4.41. The highest BCUT2D eigenvalue weighted by molar-refractivity contribution is 5.37. The van der Waals surface area contributed by atoms with Gasteiger partial charge in [0, 0.05) is 0 Å². The average molecular weight is 222 g/mol. The van der Waals surface area contributed by atoms with Crippen LogP contribution in [0.1, 0.15) is 40.5 Å². The fourth-order valence-corrected chi connectivity index (χ4v) is 2.50. The summed E-state index contributed by atoms with van der Waals surface area (Å²) in [4.78, 5) is 28.6. The number of carbonyl (C=O) groups excluding carboxylic acids is 2. The summed E-state index contributed by atoms with van der Waals surface area (Å²) in [6.45, 7) is 8.23. The van der Waals surface area contributed by atoms with Crippen LogP contribution in [0.25, 0.3) is 0 Å². The van der Waals surface area contributed by atoms with Crippen LogP contribution in [-0.4, -0.2) is 23.7 Å². The van der Waals surface area contributed by atoms with Crippen LogP contribution < -0.4 is 0 Å². The Morgan fingerprint density at radius 2 is 1.81 bits per heavy atom. The lowest BCUT2D eigenvalue weighted by Crippen LogP contribution is -2.51. The summed E-state index contributed by atoms with van der Waals surface area (Å²) in [7, 11) is 0. The summed E-state index contributed by atoms with van der Waals surface area (Å²) < 4.78 is 0. The van der Waals surface area contributed by atoms with Crippen molar-refractivity contribution in [2.24, 2.45) is 21.3 Å². The molecule has 0 radical (unpaired) electrons. The molecule has 0 saturated heterocycles. The van der Waals surface area contributed by atoms with Gasteiger partial charge in [-0.3, -0.25) is 0 Å². The molecule has 3 atom stereocenters. The first-order valence-corrected chi connectivity index (χ1v) is 5.53. The minimum absolute atomic E-state index is 0.0809. The van der Waals surface area contributed by atoms with E-state index in [2.05, 4.69) is 30.8 Å². The van der Waals surface area contributed by atoms with Crippen LogP contribution in [0, 0.1) is 11.3 Å². The van der Waals surface area contributed by atoms with Crippen LogP contribution in [-0.2, 0) is 9.59 Å². The molecule has 4 nitrogen and oxygen atoms in total. The molecule has 1 rings (SSSR count). The van der Waals surface area contributed by atoms with E-state index < -0.39 is 5.54 Å². The van der Waals surface area contributed by atoms with E-state index >= 15 is 0 Å². The third kappa shape index (κ3) is 1.99. The predicted octanol–water partition coefficient (Wildman–Crippen LogP) is 2.24. The molecule has 88 valence electrons. The zero-order valence-corrected chi connectivity index (χ0v) is 10.3. The molecule has 0 heterocycles. The van der Waals surface area contributed by atoms with Gasteiger partial charge in [0.25, 0.3) is 0 Å². The standard InChI is InChI=1S/C12H18N2O2/c1-9-5-10(13-7-15)6-12(4,14-8-16)11(9,2)3/h9-10H,5-6H2,1-4H3. The summed E-state index contributed by atoms with van der Waals surface area (Å²) in [6, 6.07) is -0.0809. The van der Waals surface area contributed by atoms with Gasteiger partial charge in [0.1, 0.15) is 0 Å². The molecule has 4 heteroatoms. The second-order valence-electron chi connectivity index (χ2n) is 5.41. The van der Waals surface area contributed by atoms with Crippen molar-refractivity contribution in [1.82, 2.24) is 0 Å². The van der Waals surface area contributed by atoms with Crippen LogP contribution in [0.2, 0.25) is 0 Å². The van der Waals surface area contributed by atoms with Crippen molar-refractivity contribution in [2.45, 2.75) is 52.1 Å². The van der Waals surface area contributed by atoms with Crippen molar-refractivity contribution < 1.29 is 9.59 Å². The monoisotopic (exact) mass is 222 g/mol. The van der Waals surface area contributed by atoms with Crippen molar-refractivity contribution in [3.8, 4) is 0 Å². The number of hydrogen-bond acceptors (Lipinski definition) is 4. The first kappa shape index (κ1) is 12.8. The second-order valence-corrected chi connectivity index (χ2v) is 5.41. The summed E-state index contributed by atoms with van der Waals surface area (Å²) in [6.07, 6.45) is 4.70. The summed E-state index contributed by atoms with van der Waals surface area (Å²) >= 11 is 0. The maximum atomic E-state index is 10.5. The van der Waals surface area contributed by atoms with E-state index in [-0.39, 0.29) is 11.5 Å². The highest BCUT2D eigenvalue weighted by atomic mass is 16.1. The molecular formula is C12H18N2O2. The molecule has 0 aliphatic heterocycles. The lowest BCUT2D eigenvalue weighted by molar-refractivity contribution is 0.0456. The number of nitrogens with zero attached hydrogens (tertiary/aromatic N) is 2. The van der Waals surface area contributed by atoms with E-state index in [9.17, 15) is 9.59 Å². The van der Waals surface area contributed by atoms with Crippen LogP contribution >= 0.6 is 0 Å². The molecule has 1 saturated carbocycles. The molecule has 0 aromatic heterocycles. The van der Waals surface area contributed by atoms with Crippen molar-refractivity contribution in [3.63, 3.8) is 0 Å². The molecule has 3 unspecified atom stereocenters. The van der Waals surface area contributed by atoms with Crippen molar-refractivity contribution in [2.75, 3.05) is 0 Å².